The average molecular weight is 383 g/mol. The van der Waals surface area contributed by atoms with Crippen LogP contribution < -0.4 is 10.1 Å². The predicted octanol–water partition coefficient (Wildman–Crippen LogP) is 4.80. The number of halogens is 1. The van der Waals surface area contributed by atoms with Gasteiger partial charge >= 0.3 is 0 Å². The molecule has 1 N–H and O–H groups in total. The first-order valence-corrected chi connectivity index (χ1v) is 10.0. The summed E-state index contributed by atoms with van der Waals surface area (Å²) >= 11 is 1.58. The fourth-order valence-corrected chi connectivity index (χ4v) is 3.57. The number of carbonyl (C=O) groups excluding carboxylic acids is 1. The quantitative estimate of drug-likeness (QED) is 0.568. The number of ether oxygens (including phenoxy) is 1. The molecule has 0 spiro atoms. The lowest BCUT2D eigenvalue weighted by Gasteiger charge is -2.16. The number of hydrogen-bond donors (Lipinski definition) is 1. The van der Waals surface area contributed by atoms with Crippen LogP contribution in [-0.4, -0.2) is 24.3 Å². The Balaban J connectivity index is 1.44. The van der Waals surface area contributed by atoms with Crippen molar-refractivity contribution in [3.8, 4) is 5.75 Å². The van der Waals surface area contributed by atoms with Crippen molar-refractivity contribution < 1.29 is 13.9 Å². The largest absolute Gasteiger partial charge is 0.480 e. The number of hydrogen-bond acceptors (Lipinski definition) is 3. The molecule has 0 radical (unpaired) electrons. The molecule has 0 bridgehead atoms. The molecule has 0 aliphatic rings. The van der Waals surface area contributed by atoms with E-state index in [0.29, 0.717) is 29.4 Å². The Labute approximate surface area is 162 Å². The van der Waals surface area contributed by atoms with E-state index in [1.165, 1.54) is 6.07 Å². The molecule has 3 aromatic carbocycles. The second kappa shape index (κ2) is 9.42. The first-order valence-electron chi connectivity index (χ1n) is 8.88. The number of amides is 1. The zero-order valence-electron chi connectivity index (χ0n) is 15.2. The normalized spacial score (nSPS) is 11.9. The van der Waals surface area contributed by atoms with Gasteiger partial charge in [0.2, 0.25) is 0 Å². The second-order valence-corrected chi connectivity index (χ2v) is 7.28. The van der Waals surface area contributed by atoms with E-state index in [0.717, 1.165) is 10.8 Å². The van der Waals surface area contributed by atoms with E-state index in [1.807, 2.05) is 48.5 Å². The van der Waals surface area contributed by atoms with Crippen LogP contribution in [0.3, 0.4) is 0 Å². The number of nitrogens with one attached hydrogen (secondary N) is 1. The smallest absolute Gasteiger partial charge is 0.260 e. The van der Waals surface area contributed by atoms with Crippen molar-refractivity contribution in [1.82, 2.24) is 5.32 Å². The van der Waals surface area contributed by atoms with E-state index >= 15 is 0 Å². The highest BCUT2D eigenvalue weighted by Gasteiger charge is 2.15. The Morgan fingerprint density at radius 3 is 2.67 bits per heavy atom. The Morgan fingerprint density at radius 2 is 1.81 bits per heavy atom. The van der Waals surface area contributed by atoms with Gasteiger partial charge in [-0.25, -0.2) is 4.39 Å². The van der Waals surface area contributed by atoms with Crippen LogP contribution in [0.5, 0.6) is 5.75 Å². The zero-order valence-corrected chi connectivity index (χ0v) is 16.0. The topological polar surface area (TPSA) is 38.3 Å². The summed E-state index contributed by atoms with van der Waals surface area (Å²) in [6.07, 6.45) is -0.590. The number of rotatable bonds is 8. The molecule has 0 unspecified atom stereocenters. The fraction of sp³-hybridized carbons (Fsp3) is 0.227. The monoisotopic (exact) mass is 383 g/mol. The molecule has 3 aromatic rings. The first-order chi connectivity index (χ1) is 13.1. The molecule has 5 heteroatoms. The lowest BCUT2D eigenvalue weighted by molar-refractivity contribution is -0.127. The molecule has 0 aromatic heterocycles. The number of fused-ring (bicyclic) bond motifs is 1. The molecule has 0 heterocycles. The number of carbonyl (C=O) groups is 1. The minimum atomic E-state index is -0.590. The predicted molar refractivity (Wildman–Crippen MR) is 110 cm³/mol. The van der Waals surface area contributed by atoms with Crippen LogP contribution in [-0.2, 0) is 10.5 Å². The third kappa shape index (κ3) is 5.23. The lowest BCUT2D eigenvalue weighted by atomic mass is 10.1. The maximum absolute atomic E-state index is 13.6. The molecule has 27 heavy (non-hydrogen) atoms. The zero-order chi connectivity index (χ0) is 19.1. The summed E-state index contributed by atoms with van der Waals surface area (Å²) in [6, 6.07) is 20.5. The van der Waals surface area contributed by atoms with E-state index in [1.54, 1.807) is 30.8 Å². The minimum Gasteiger partial charge on any atom is -0.480 e. The Bertz CT molecular complexity index is 910. The van der Waals surface area contributed by atoms with Gasteiger partial charge in [-0.05, 0) is 30.0 Å². The molecule has 0 aliphatic carbocycles. The Morgan fingerprint density at radius 1 is 1.07 bits per heavy atom. The third-order valence-electron chi connectivity index (χ3n) is 4.18. The fourth-order valence-electron chi connectivity index (χ4n) is 2.73. The SMILES string of the molecule is C[C@@H](Oc1cccc2ccccc12)C(=O)NCCSCc1ccccc1F. The van der Waals surface area contributed by atoms with Crippen molar-refractivity contribution >= 4 is 28.4 Å². The number of thioether (sulfide) groups is 1. The second-order valence-electron chi connectivity index (χ2n) is 6.17. The van der Waals surface area contributed by atoms with Gasteiger partial charge in [0.15, 0.2) is 6.10 Å². The maximum atomic E-state index is 13.6. The van der Waals surface area contributed by atoms with E-state index in [9.17, 15) is 9.18 Å². The van der Waals surface area contributed by atoms with Gasteiger partial charge < -0.3 is 10.1 Å². The maximum Gasteiger partial charge on any atom is 0.260 e. The van der Waals surface area contributed by atoms with Gasteiger partial charge in [0.25, 0.3) is 5.91 Å². The molecule has 0 saturated heterocycles. The molecule has 3 nitrogen and oxygen atoms in total. The highest BCUT2D eigenvalue weighted by molar-refractivity contribution is 7.98. The van der Waals surface area contributed by atoms with Crippen molar-refractivity contribution in [2.75, 3.05) is 12.3 Å². The molecule has 0 fully saturated rings. The van der Waals surface area contributed by atoms with Crippen LogP contribution in [0.25, 0.3) is 10.8 Å². The van der Waals surface area contributed by atoms with E-state index in [2.05, 4.69) is 5.32 Å². The average Bonchev–Trinajstić information content (AvgIpc) is 2.69. The van der Waals surface area contributed by atoms with Gasteiger partial charge in [-0.3, -0.25) is 4.79 Å². The number of benzene rings is 3. The summed E-state index contributed by atoms with van der Waals surface area (Å²) in [5, 5.41) is 4.94. The molecular weight excluding hydrogens is 361 g/mol. The van der Waals surface area contributed by atoms with Gasteiger partial charge in [0, 0.05) is 23.4 Å². The molecule has 1 atom stereocenters. The van der Waals surface area contributed by atoms with E-state index in [-0.39, 0.29) is 11.7 Å². The van der Waals surface area contributed by atoms with Gasteiger partial charge in [-0.2, -0.15) is 11.8 Å². The van der Waals surface area contributed by atoms with Gasteiger partial charge in [-0.15, -0.1) is 0 Å². The minimum absolute atomic E-state index is 0.158. The lowest BCUT2D eigenvalue weighted by Crippen LogP contribution is -2.37. The van der Waals surface area contributed by atoms with E-state index < -0.39 is 6.10 Å². The third-order valence-corrected chi connectivity index (χ3v) is 5.19. The Kier molecular flexibility index (Phi) is 6.71. The summed E-state index contributed by atoms with van der Waals surface area (Å²) in [5.74, 6) is 1.65. The summed E-state index contributed by atoms with van der Waals surface area (Å²) in [4.78, 5) is 12.3. The molecule has 1 amide bonds. The van der Waals surface area contributed by atoms with Crippen LogP contribution in [0.1, 0.15) is 12.5 Å². The van der Waals surface area contributed by atoms with Crippen molar-refractivity contribution in [1.29, 1.82) is 0 Å². The van der Waals surface area contributed by atoms with Gasteiger partial charge in [0.05, 0.1) is 0 Å². The van der Waals surface area contributed by atoms with Gasteiger partial charge in [-0.1, -0.05) is 54.6 Å². The highest BCUT2D eigenvalue weighted by atomic mass is 32.2. The van der Waals surface area contributed by atoms with Gasteiger partial charge in [0.1, 0.15) is 11.6 Å². The van der Waals surface area contributed by atoms with Crippen LogP contribution >= 0.6 is 11.8 Å². The molecule has 140 valence electrons. The standard InChI is InChI=1S/C22H22FNO2S/c1-16(26-21-12-6-9-17-7-2-4-10-19(17)21)22(25)24-13-14-27-15-18-8-3-5-11-20(18)23/h2-12,16H,13-15H2,1H3,(H,24,25)/t16-/m1/s1. The highest BCUT2D eigenvalue weighted by Crippen LogP contribution is 2.26. The van der Waals surface area contributed by atoms with Crippen LogP contribution in [0.4, 0.5) is 4.39 Å². The Hall–Kier alpha value is -2.53. The summed E-state index contributed by atoms with van der Waals surface area (Å²) < 4.78 is 19.4. The van der Waals surface area contributed by atoms with Crippen molar-refractivity contribution in [3.05, 3.63) is 78.1 Å². The molecule has 3 rings (SSSR count). The summed E-state index contributed by atoms with van der Waals surface area (Å²) in [5.41, 5.74) is 0.682. The van der Waals surface area contributed by atoms with Crippen LogP contribution in [0, 0.1) is 5.82 Å². The van der Waals surface area contributed by atoms with Crippen molar-refractivity contribution in [3.63, 3.8) is 0 Å². The van der Waals surface area contributed by atoms with E-state index in [4.69, 9.17) is 4.74 Å². The van der Waals surface area contributed by atoms with Crippen molar-refractivity contribution in [2.45, 2.75) is 18.8 Å². The van der Waals surface area contributed by atoms with Crippen molar-refractivity contribution in [2.24, 2.45) is 0 Å². The molecular formula is C22H22FNO2S. The molecule has 0 aliphatic heterocycles. The summed E-state index contributed by atoms with van der Waals surface area (Å²) in [7, 11) is 0. The molecule has 0 saturated carbocycles. The van der Waals surface area contributed by atoms with Crippen LogP contribution in [0.2, 0.25) is 0 Å². The summed E-state index contributed by atoms with van der Waals surface area (Å²) in [6.45, 7) is 2.25. The van der Waals surface area contributed by atoms with Crippen LogP contribution in [0.15, 0.2) is 66.7 Å². The first kappa shape index (κ1) is 19.2.